The fraction of sp³-hybridized carbons (Fsp3) is 0.724. The van der Waals surface area contributed by atoms with Crippen molar-refractivity contribution in [3.8, 4) is 0 Å². The van der Waals surface area contributed by atoms with Crippen molar-refractivity contribution < 1.29 is 28.9 Å². The molecule has 1 aliphatic rings. The van der Waals surface area contributed by atoms with E-state index in [1.165, 1.54) is 44.1 Å². The molecule has 1 fully saturated rings. The molecule has 6 nitrogen and oxygen atoms in total. The van der Waals surface area contributed by atoms with Gasteiger partial charge in [0.15, 0.2) is 11.7 Å². The van der Waals surface area contributed by atoms with E-state index < -0.39 is 17.4 Å². The number of aryl methyl sites for hydroxylation is 2. The minimum absolute atomic E-state index is 0.160. The fourth-order valence-electron chi connectivity index (χ4n) is 4.67. The quantitative estimate of drug-likeness (QED) is 0.144. The van der Waals surface area contributed by atoms with Crippen LogP contribution in [0.25, 0.3) is 0 Å². The lowest BCUT2D eigenvalue weighted by molar-refractivity contribution is -0.173. The van der Waals surface area contributed by atoms with E-state index in [9.17, 15) is 14.7 Å². The molecule has 1 aromatic rings. The number of aliphatic carboxylic acids is 1. The number of carbonyl (C=O) groups is 2. The molecule has 198 valence electrons. The van der Waals surface area contributed by atoms with Gasteiger partial charge in [-0.25, -0.2) is 0 Å². The Morgan fingerprint density at radius 1 is 0.943 bits per heavy atom. The zero-order valence-corrected chi connectivity index (χ0v) is 21.9. The molecule has 2 unspecified atom stereocenters. The van der Waals surface area contributed by atoms with E-state index in [-0.39, 0.29) is 25.7 Å². The molecular formula is C29H46O6. The standard InChI is InChI=1S/C29H46O6/c1-3-5-6-7-8-9-13-24-15-17-25(18-16-24)19-21-29(27(30)31,28(32)33-4-2)20-12-23-35-26-14-10-11-22-34-26/h15-18,26H,3-14,19-23H2,1-2H3,(H,30,31). The number of benzene rings is 1. The van der Waals surface area contributed by atoms with Crippen molar-refractivity contribution in [2.24, 2.45) is 5.41 Å². The Morgan fingerprint density at radius 2 is 1.63 bits per heavy atom. The summed E-state index contributed by atoms with van der Waals surface area (Å²) < 4.78 is 16.6. The van der Waals surface area contributed by atoms with Crippen molar-refractivity contribution in [3.63, 3.8) is 0 Å². The summed E-state index contributed by atoms with van der Waals surface area (Å²) in [6, 6.07) is 8.39. The van der Waals surface area contributed by atoms with Crippen LogP contribution in [-0.2, 0) is 36.6 Å². The van der Waals surface area contributed by atoms with Gasteiger partial charge in [0.05, 0.1) is 6.61 Å². The Bertz CT molecular complexity index is 725. The zero-order valence-electron chi connectivity index (χ0n) is 21.9. The van der Waals surface area contributed by atoms with E-state index >= 15 is 0 Å². The Balaban J connectivity index is 1.89. The average molecular weight is 491 g/mol. The van der Waals surface area contributed by atoms with Crippen LogP contribution in [0.4, 0.5) is 0 Å². The first-order valence-corrected chi connectivity index (χ1v) is 13.7. The Labute approximate surface area is 211 Å². The van der Waals surface area contributed by atoms with Gasteiger partial charge in [0, 0.05) is 13.2 Å². The van der Waals surface area contributed by atoms with Crippen LogP contribution in [0.1, 0.15) is 102 Å². The van der Waals surface area contributed by atoms with E-state index in [0.29, 0.717) is 26.1 Å². The third-order valence-corrected chi connectivity index (χ3v) is 6.95. The molecule has 0 aliphatic carbocycles. The first kappa shape index (κ1) is 29.3. The number of carboxylic acid groups (broad SMARTS) is 1. The summed E-state index contributed by atoms with van der Waals surface area (Å²) in [7, 11) is 0. The summed E-state index contributed by atoms with van der Waals surface area (Å²) in [5.41, 5.74) is 0.781. The maximum Gasteiger partial charge on any atom is 0.323 e. The van der Waals surface area contributed by atoms with Crippen molar-refractivity contribution in [2.45, 2.75) is 110 Å². The van der Waals surface area contributed by atoms with Gasteiger partial charge in [0.2, 0.25) is 0 Å². The number of carboxylic acids is 1. The molecule has 0 aromatic heterocycles. The number of esters is 1. The van der Waals surface area contributed by atoms with Gasteiger partial charge in [-0.3, -0.25) is 9.59 Å². The number of ether oxygens (including phenoxy) is 3. The predicted octanol–water partition coefficient (Wildman–Crippen LogP) is 6.48. The fourth-order valence-corrected chi connectivity index (χ4v) is 4.67. The zero-order chi connectivity index (χ0) is 25.4. The normalized spacial score (nSPS) is 17.6. The smallest absolute Gasteiger partial charge is 0.323 e. The van der Waals surface area contributed by atoms with Gasteiger partial charge in [-0.15, -0.1) is 0 Å². The third kappa shape index (κ3) is 10.3. The maximum atomic E-state index is 12.8. The lowest BCUT2D eigenvalue weighted by Gasteiger charge is -2.28. The second-order valence-corrected chi connectivity index (χ2v) is 9.71. The summed E-state index contributed by atoms with van der Waals surface area (Å²) in [6.45, 7) is 5.16. The van der Waals surface area contributed by atoms with Gasteiger partial charge in [-0.05, 0) is 75.8 Å². The molecule has 1 aromatic carbocycles. The minimum atomic E-state index is -1.57. The molecule has 0 spiro atoms. The molecule has 1 saturated heterocycles. The number of hydrogen-bond donors (Lipinski definition) is 1. The average Bonchev–Trinajstić information content (AvgIpc) is 2.87. The molecule has 2 rings (SSSR count). The van der Waals surface area contributed by atoms with Crippen LogP contribution in [-0.4, -0.2) is 43.2 Å². The van der Waals surface area contributed by atoms with Gasteiger partial charge >= 0.3 is 11.9 Å². The minimum Gasteiger partial charge on any atom is -0.480 e. The Hall–Kier alpha value is -1.92. The largest absolute Gasteiger partial charge is 0.480 e. The van der Waals surface area contributed by atoms with Crippen LogP contribution in [0.5, 0.6) is 0 Å². The molecule has 6 heteroatoms. The van der Waals surface area contributed by atoms with Crippen molar-refractivity contribution in [1.29, 1.82) is 0 Å². The predicted molar refractivity (Wildman–Crippen MR) is 137 cm³/mol. The maximum absolute atomic E-state index is 12.8. The molecule has 2 atom stereocenters. The van der Waals surface area contributed by atoms with Gasteiger partial charge in [0.25, 0.3) is 0 Å². The molecule has 0 amide bonds. The lowest BCUT2D eigenvalue weighted by Crippen LogP contribution is -2.41. The number of unbranched alkanes of at least 4 members (excludes halogenated alkanes) is 5. The Morgan fingerprint density at radius 3 is 2.26 bits per heavy atom. The second-order valence-electron chi connectivity index (χ2n) is 9.71. The van der Waals surface area contributed by atoms with Crippen LogP contribution in [0.2, 0.25) is 0 Å². The molecule has 35 heavy (non-hydrogen) atoms. The SMILES string of the molecule is CCCCCCCCc1ccc(CCC(CCCOC2CCCCO2)(C(=O)O)C(=O)OCC)cc1. The Kier molecular flexibility index (Phi) is 14.0. The van der Waals surface area contributed by atoms with Crippen LogP contribution < -0.4 is 0 Å². The molecule has 1 heterocycles. The van der Waals surface area contributed by atoms with E-state index in [2.05, 4.69) is 31.2 Å². The topological polar surface area (TPSA) is 82.1 Å². The molecule has 0 bridgehead atoms. The highest BCUT2D eigenvalue weighted by molar-refractivity contribution is 5.99. The highest BCUT2D eigenvalue weighted by Gasteiger charge is 2.46. The second kappa shape index (κ2) is 16.7. The summed E-state index contributed by atoms with van der Waals surface area (Å²) in [5, 5.41) is 10.1. The molecule has 0 saturated carbocycles. The van der Waals surface area contributed by atoms with Crippen LogP contribution in [0.15, 0.2) is 24.3 Å². The van der Waals surface area contributed by atoms with E-state index in [4.69, 9.17) is 14.2 Å². The van der Waals surface area contributed by atoms with Crippen molar-refractivity contribution in [3.05, 3.63) is 35.4 Å². The number of carbonyl (C=O) groups excluding carboxylic acids is 1. The van der Waals surface area contributed by atoms with Gasteiger partial charge < -0.3 is 19.3 Å². The molecular weight excluding hydrogens is 444 g/mol. The van der Waals surface area contributed by atoms with Crippen LogP contribution >= 0.6 is 0 Å². The molecule has 0 radical (unpaired) electrons. The van der Waals surface area contributed by atoms with E-state index in [1.54, 1.807) is 6.92 Å². The summed E-state index contributed by atoms with van der Waals surface area (Å²) in [6.07, 6.45) is 12.9. The monoisotopic (exact) mass is 490 g/mol. The van der Waals surface area contributed by atoms with E-state index in [1.807, 2.05) is 0 Å². The van der Waals surface area contributed by atoms with Gasteiger partial charge in [0.1, 0.15) is 0 Å². The third-order valence-electron chi connectivity index (χ3n) is 6.95. The highest BCUT2D eigenvalue weighted by atomic mass is 16.7. The lowest BCUT2D eigenvalue weighted by atomic mass is 9.78. The summed E-state index contributed by atoms with van der Waals surface area (Å²) in [5.74, 6) is -1.77. The van der Waals surface area contributed by atoms with Crippen LogP contribution in [0, 0.1) is 5.41 Å². The van der Waals surface area contributed by atoms with Crippen molar-refractivity contribution in [1.82, 2.24) is 0 Å². The van der Waals surface area contributed by atoms with Crippen LogP contribution in [0.3, 0.4) is 0 Å². The molecule has 1 N–H and O–H groups in total. The first-order chi connectivity index (χ1) is 17.0. The summed E-state index contributed by atoms with van der Waals surface area (Å²) >= 11 is 0. The van der Waals surface area contributed by atoms with Gasteiger partial charge in [-0.1, -0.05) is 63.3 Å². The van der Waals surface area contributed by atoms with Crippen molar-refractivity contribution >= 4 is 11.9 Å². The first-order valence-electron chi connectivity index (χ1n) is 13.7. The number of hydrogen-bond acceptors (Lipinski definition) is 5. The number of rotatable bonds is 18. The highest BCUT2D eigenvalue weighted by Crippen LogP contribution is 2.33. The van der Waals surface area contributed by atoms with Crippen molar-refractivity contribution in [2.75, 3.05) is 19.8 Å². The van der Waals surface area contributed by atoms with Gasteiger partial charge in [-0.2, -0.15) is 0 Å². The molecule has 1 aliphatic heterocycles. The van der Waals surface area contributed by atoms with E-state index in [0.717, 1.165) is 31.2 Å². The summed E-state index contributed by atoms with van der Waals surface area (Å²) in [4.78, 5) is 25.2.